The maximum atomic E-state index is 12.3. The van der Waals surface area contributed by atoms with E-state index in [1.54, 1.807) is 43.5 Å². The van der Waals surface area contributed by atoms with Crippen LogP contribution in [0.2, 0.25) is 0 Å². The monoisotopic (exact) mass is 423 g/mol. The quantitative estimate of drug-likeness (QED) is 0.767. The molecule has 1 aliphatic rings. The Bertz CT molecular complexity index is 1110. The summed E-state index contributed by atoms with van der Waals surface area (Å²) in [6.07, 6.45) is 2.54. The zero-order chi connectivity index (χ0) is 20.5. The predicted molar refractivity (Wildman–Crippen MR) is 108 cm³/mol. The number of hydrogen-bond acceptors (Lipinski definition) is 6. The summed E-state index contributed by atoms with van der Waals surface area (Å²) < 4.78 is 56.1. The highest BCUT2D eigenvalue weighted by molar-refractivity contribution is 7.92. The van der Waals surface area contributed by atoms with Gasteiger partial charge in [0.05, 0.1) is 31.4 Å². The smallest absolute Gasteiger partial charge is 0.247 e. The first kappa shape index (κ1) is 20.2. The molecular weight excluding hydrogens is 402 g/mol. The van der Waals surface area contributed by atoms with Gasteiger partial charge in [0.2, 0.25) is 20.0 Å². The maximum Gasteiger partial charge on any atom is 0.247 e. The fraction of sp³-hybridized carbons (Fsp3) is 0.278. The normalized spacial score (nSPS) is 17.3. The fourth-order valence-electron chi connectivity index (χ4n) is 3.02. The second-order valence-corrected chi connectivity index (χ2v) is 10.1. The van der Waals surface area contributed by atoms with E-state index in [1.165, 1.54) is 0 Å². The summed E-state index contributed by atoms with van der Waals surface area (Å²) in [6.45, 7) is 0. The van der Waals surface area contributed by atoms with Gasteiger partial charge >= 0.3 is 0 Å². The summed E-state index contributed by atoms with van der Waals surface area (Å²) in [5.74, 6) is 0.674. The molecule has 0 fully saturated rings. The van der Waals surface area contributed by atoms with E-state index in [2.05, 4.69) is 9.82 Å². The van der Waals surface area contributed by atoms with Crippen LogP contribution in [0.25, 0.3) is 0 Å². The molecule has 1 aliphatic heterocycles. The van der Waals surface area contributed by atoms with Crippen molar-refractivity contribution in [3.63, 3.8) is 0 Å². The highest BCUT2D eigenvalue weighted by atomic mass is 32.2. The van der Waals surface area contributed by atoms with Crippen molar-refractivity contribution in [1.82, 2.24) is 4.41 Å². The number of methoxy groups -OCH3 is 1. The van der Waals surface area contributed by atoms with Crippen LogP contribution in [0, 0.1) is 0 Å². The van der Waals surface area contributed by atoms with Gasteiger partial charge in [-0.05, 0) is 35.4 Å². The summed E-state index contributed by atoms with van der Waals surface area (Å²) in [5.41, 5.74) is 2.39. The third-order valence-corrected chi connectivity index (χ3v) is 5.83. The zero-order valence-electron chi connectivity index (χ0n) is 15.7. The van der Waals surface area contributed by atoms with Crippen LogP contribution in [0.15, 0.2) is 53.6 Å². The molecule has 0 bridgehead atoms. The van der Waals surface area contributed by atoms with Gasteiger partial charge < -0.3 is 4.74 Å². The molecule has 3 rings (SSSR count). The molecule has 10 heteroatoms. The van der Waals surface area contributed by atoms with Gasteiger partial charge in [-0.25, -0.2) is 16.8 Å². The Morgan fingerprint density at radius 3 is 2.32 bits per heavy atom. The number of hydrazone groups is 1. The molecule has 150 valence electrons. The standard InChI is InChI=1S/C18H21N3O5S2/c1-26-16-9-7-13(8-10-16)18-12-17(19-21(18)28(3,24)25)14-5-4-6-15(11-14)20-27(2,22)23/h4-11,18,20H,12H2,1-3H3. The summed E-state index contributed by atoms with van der Waals surface area (Å²) in [6, 6.07) is 13.4. The number of rotatable bonds is 6. The molecule has 0 amide bonds. The van der Waals surface area contributed by atoms with E-state index in [4.69, 9.17) is 4.74 Å². The number of benzene rings is 2. The van der Waals surface area contributed by atoms with Crippen LogP contribution in [-0.4, -0.2) is 46.6 Å². The Morgan fingerprint density at radius 1 is 1.07 bits per heavy atom. The molecular formula is C18H21N3O5S2. The van der Waals surface area contributed by atoms with Gasteiger partial charge in [-0.15, -0.1) is 0 Å². The molecule has 0 radical (unpaired) electrons. The summed E-state index contributed by atoms with van der Waals surface area (Å²) >= 11 is 0. The molecule has 0 saturated heterocycles. The summed E-state index contributed by atoms with van der Waals surface area (Å²) in [7, 11) is -5.45. The lowest BCUT2D eigenvalue weighted by molar-refractivity contribution is 0.374. The van der Waals surface area contributed by atoms with E-state index >= 15 is 0 Å². The Labute approximate surface area is 164 Å². The third kappa shape index (κ3) is 4.63. The van der Waals surface area contributed by atoms with Crippen LogP contribution >= 0.6 is 0 Å². The lowest BCUT2D eigenvalue weighted by atomic mass is 9.99. The van der Waals surface area contributed by atoms with Gasteiger partial charge in [-0.1, -0.05) is 24.3 Å². The average molecular weight is 424 g/mol. The number of anilines is 1. The lowest BCUT2D eigenvalue weighted by Gasteiger charge is -2.21. The van der Waals surface area contributed by atoms with E-state index in [1.807, 2.05) is 12.1 Å². The lowest BCUT2D eigenvalue weighted by Crippen LogP contribution is -2.25. The first-order chi connectivity index (χ1) is 13.1. The van der Waals surface area contributed by atoms with Crippen molar-refractivity contribution in [2.45, 2.75) is 12.5 Å². The van der Waals surface area contributed by atoms with Gasteiger partial charge in [0, 0.05) is 12.1 Å². The molecule has 1 atom stereocenters. The predicted octanol–water partition coefficient (Wildman–Crippen LogP) is 2.18. The van der Waals surface area contributed by atoms with Crippen molar-refractivity contribution >= 4 is 31.4 Å². The molecule has 0 aromatic heterocycles. The molecule has 28 heavy (non-hydrogen) atoms. The first-order valence-electron chi connectivity index (χ1n) is 8.36. The molecule has 1 unspecified atom stereocenters. The molecule has 0 spiro atoms. The molecule has 1 N–H and O–H groups in total. The second kappa shape index (κ2) is 7.44. The molecule has 0 saturated carbocycles. The van der Waals surface area contributed by atoms with Crippen LogP contribution in [-0.2, 0) is 20.0 Å². The number of ether oxygens (including phenoxy) is 1. The second-order valence-electron chi connectivity index (χ2n) is 6.53. The van der Waals surface area contributed by atoms with E-state index < -0.39 is 26.1 Å². The van der Waals surface area contributed by atoms with Crippen molar-refractivity contribution < 1.29 is 21.6 Å². The van der Waals surface area contributed by atoms with Crippen LogP contribution < -0.4 is 9.46 Å². The first-order valence-corrected chi connectivity index (χ1v) is 12.1. The average Bonchev–Trinajstić information content (AvgIpc) is 3.06. The molecule has 0 aliphatic carbocycles. The van der Waals surface area contributed by atoms with E-state index in [0.29, 0.717) is 29.1 Å². The van der Waals surface area contributed by atoms with Gasteiger partial charge in [0.1, 0.15) is 5.75 Å². The molecule has 2 aromatic carbocycles. The Hall–Kier alpha value is -2.59. The van der Waals surface area contributed by atoms with Crippen molar-refractivity contribution in [3.8, 4) is 5.75 Å². The van der Waals surface area contributed by atoms with Crippen molar-refractivity contribution in [2.75, 3.05) is 24.3 Å². The van der Waals surface area contributed by atoms with Crippen LogP contribution in [0.5, 0.6) is 5.75 Å². The minimum atomic E-state index is -3.59. The van der Waals surface area contributed by atoms with Gasteiger partial charge in [0.25, 0.3) is 0 Å². The minimum absolute atomic E-state index is 0.363. The van der Waals surface area contributed by atoms with Gasteiger partial charge in [0.15, 0.2) is 0 Å². The number of sulfonamides is 2. The summed E-state index contributed by atoms with van der Waals surface area (Å²) in [5, 5.41) is 4.32. The third-order valence-electron chi connectivity index (χ3n) is 4.21. The largest absolute Gasteiger partial charge is 0.497 e. The van der Waals surface area contributed by atoms with E-state index in [0.717, 1.165) is 22.5 Å². The Morgan fingerprint density at radius 2 is 1.75 bits per heavy atom. The number of nitrogens with zero attached hydrogens (tertiary/aromatic N) is 2. The number of hydrogen-bond donors (Lipinski definition) is 1. The topological polar surface area (TPSA) is 105 Å². The SMILES string of the molecule is COc1ccc(C2CC(c3cccc(NS(C)(=O)=O)c3)=NN2S(C)(=O)=O)cc1. The molecule has 1 heterocycles. The van der Waals surface area contributed by atoms with Crippen LogP contribution in [0.3, 0.4) is 0 Å². The van der Waals surface area contributed by atoms with E-state index in [9.17, 15) is 16.8 Å². The van der Waals surface area contributed by atoms with Crippen LogP contribution in [0.4, 0.5) is 5.69 Å². The van der Waals surface area contributed by atoms with Crippen molar-refractivity contribution in [1.29, 1.82) is 0 Å². The maximum absolute atomic E-state index is 12.3. The zero-order valence-corrected chi connectivity index (χ0v) is 17.3. The Balaban J connectivity index is 1.96. The van der Waals surface area contributed by atoms with Crippen molar-refractivity contribution in [3.05, 3.63) is 59.7 Å². The van der Waals surface area contributed by atoms with Gasteiger partial charge in [-0.3, -0.25) is 4.72 Å². The Kier molecular flexibility index (Phi) is 5.35. The van der Waals surface area contributed by atoms with Crippen LogP contribution in [0.1, 0.15) is 23.6 Å². The molecule has 8 nitrogen and oxygen atoms in total. The van der Waals surface area contributed by atoms with E-state index in [-0.39, 0.29) is 0 Å². The summed E-state index contributed by atoms with van der Waals surface area (Å²) in [4.78, 5) is 0. The van der Waals surface area contributed by atoms with Gasteiger partial charge in [-0.2, -0.15) is 9.52 Å². The minimum Gasteiger partial charge on any atom is -0.497 e. The molecule has 2 aromatic rings. The highest BCUT2D eigenvalue weighted by Gasteiger charge is 2.34. The highest BCUT2D eigenvalue weighted by Crippen LogP contribution is 2.35. The fourth-order valence-corrected chi connectivity index (χ4v) is 4.48. The number of nitrogens with one attached hydrogen (secondary N) is 1. The van der Waals surface area contributed by atoms with Crippen molar-refractivity contribution in [2.24, 2.45) is 5.10 Å².